The molecule has 2 unspecified atom stereocenters. The zero-order valence-electron chi connectivity index (χ0n) is 12.6. The van der Waals surface area contributed by atoms with Crippen molar-refractivity contribution in [2.45, 2.75) is 37.8 Å². The molecule has 2 heterocycles. The molecule has 2 aromatic rings. The lowest BCUT2D eigenvalue weighted by Gasteiger charge is -2.39. The van der Waals surface area contributed by atoms with Gasteiger partial charge in [-0.15, -0.1) is 0 Å². The van der Waals surface area contributed by atoms with Crippen LogP contribution in [-0.2, 0) is 6.42 Å². The number of aliphatic hydroxyl groups is 1. The van der Waals surface area contributed by atoms with E-state index in [1.807, 2.05) is 23.1 Å². The number of aromatic nitrogens is 1. The van der Waals surface area contributed by atoms with Gasteiger partial charge < -0.3 is 15.0 Å². The molecule has 0 aliphatic carbocycles. The van der Waals surface area contributed by atoms with Crippen molar-refractivity contribution >= 4 is 5.91 Å². The minimum absolute atomic E-state index is 0.0121. The third-order valence-electron chi connectivity index (χ3n) is 4.42. The van der Waals surface area contributed by atoms with Crippen LogP contribution in [0.4, 0.5) is 0 Å². The van der Waals surface area contributed by atoms with Crippen molar-refractivity contribution in [3.8, 4) is 0 Å². The number of nitrogens with zero attached hydrogens (tertiary/aromatic N) is 1. The first-order chi connectivity index (χ1) is 10.8. The first kappa shape index (κ1) is 14.9. The average molecular weight is 298 g/mol. The molecule has 0 bridgehead atoms. The van der Waals surface area contributed by atoms with E-state index in [0.717, 1.165) is 32.2 Å². The van der Waals surface area contributed by atoms with E-state index >= 15 is 0 Å². The minimum atomic E-state index is -0.430. The molecule has 3 rings (SSSR count). The first-order valence-corrected chi connectivity index (χ1v) is 7.91. The molecule has 22 heavy (non-hydrogen) atoms. The molecule has 1 fully saturated rings. The van der Waals surface area contributed by atoms with Crippen molar-refractivity contribution in [3.05, 3.63) is 59.9 Å². The molecule has 1 aliphatic heterocycles. The van der Waals surface area contributed by atoms with Gasteiger partial charge in [-0.05, 0) is 37.3 Å². The molecule has 2 N–H and O–H groups in total. The fourth-order valence-electron chi connectivity index (χ4n) is 3.22. The van der Waals surface area contributed by atoms with Crippen molar-refractivity contribution in [2.75, 3.05) is 6.54 Å². The molecule has 4 heteroatoms. The molecule has 4 nitrogen and oxygen atoms in total. The van der Waals surface area contributed by atoms with Crippen molar-refractivity contribution in [2.24, 2.45) is 0 Å². The van der Waals surface area contributed by atoms with Crippen LogP contribution in [0.5, 0.6) is 0 Å². The highest BCUT2D eigenvalue weighted by Gasteiger charge is 2.33. The average Bonchev–Trinajstić information content (AvgIpc) is 3.08. The van der Waals surface area contributed by atoms with Gasteiger partial charge in [-0.2, -0.15) is 0 Å². The molecule has 0 radical (unpaired) electrons. The molecule has 2 atom stereocenters. The van der Waals surface area contributed by atoms with Gasteiger partial charge >= 0.3 is 0 Å². The molecule has 0 spiro atoms. The Morgan fingerprint density at radius 3 is 2.82 bits per heavy atom. The summed E-state index contributed by atoms with van der Waals surface area (Å²) in [4.78, 5) is 17.4. The summed E-state index contributed by atoms with van der Waals surface area (Å²) in [7, 11) is 0. The van der Waals surface area contributed by atoms with Crippen LogP contribution in [0.1, 0.15) is 35.2 Å². The van der Waals surface area contributed by atoms with Crippen LogP contribution in [-0.4, -0.2) is 39.6 Å². The number of hydrogen-bond donors (Lipinski definition) is 2. The topological polar surface area (TPSA) is 56.3 Å². The molecule has 116 valence electrons. The summed E-state index contributed by atoms with van der Waals surface area (Å²) in [5, 5.41) is 10.4. The van der Waals surface area contributed by atoms with Crippen LogP contribution in [0, 0.1) is 0 Å². The van der Waals surface area contributed by atoms with E-state index in [-0.39, 0.29) is 11.9 Å². The number of aromatic amines is 1. The predicted molar refractivity (Wildman–Crippen MR) is 85.6 cm³/mol. The summed E-state index contributed by atoms with van der Waals surface area (Å²) < 4.78 is 0. The number of amides is 1. The lowest BCUT2D eigenvalue weighted by molar-refractivity contribution is 0.00892. The lowest BCUT2D eigenvalue weighted by atomic mass is 9.92. The van der Waals surface area contributed by atoms with Crippen LogP contribution in [0.3, 0.4) is 0 Å². The molecule has 1 aliphatic rings. The number of nitrogens with one attached hydrogen (secondary N) is 1. The summed E-state index contributed by atoms with van der Waals surface area (Å²) >= 11 is 0. The highest BCUT2D eigenvalue weighted by Crippen LogP contribution is 2.24. The fourth-order valence-corrected chi connectivity index (χ4v) is 3.22. The second-order valence-corrected chi connectivity index (χ2v) is 5.90. The summed E-state index contributed by atoms with van der Waals surface area (Å²) in [5.74, 6) is 0.0121. The standard InChI is InChI=1S/C18H22N2O2/c21-17-7-4-12-20(18(22)15-10-11-19-13-15)16(17)9-8-14-5-2-1-3-6-14/h1-3,5-6,10-11,13,16-17,19,21H,4,7-9,12H2. The van der Waals surface area contributed by atoms with Crippen LogP contribution in [0.25, 0.3) is 0 Å². The maximum atomic E-state index is 12.6. The van der Waals surface area contributed by atoms with Gasteiger partial charge in [0.05, 0.1) is 17.7 Å². The number of hydrogen-bond acceptors (Lipinski definition) is 2. The van der Waals surface area contributed by atoms with Gasteiger partial charge in [0.25, 0.3) is 5.91 Å². The van der Waals surface area contributed by atoms with Gasteiger partial charge in [-0.1, -0.05) is 30.3 Å². The number of aryl methyl sites for hydroxylation is 1. The summed E-state index contributed by atoms with van der Waals surface area (Å²) in [6, 6.07) is 11.9. The van der Waals surface area contributed by atoms with E-state index in [9.17, 15) is 9.90 Å². The highest BCUT2D eigenvalue weighted by atomic mass is 16.3. The third kappa shape index (κ3) is 3.22. The monoisotopic (exact) mass is 298 g/mol. The Balaban J connectivity index is 1.71. The van der Waals surface area contributed by atoms with Crippen molar-refractivity contribution in [3.63, 3.8) is 0 Å². The van der Waals surface area contributed by atoms with E-state index in [2.05, 4.69) is 17.1 Å². The maximum absolute atomic E-state index is 12.6. The predicted octanol–water partition coefficient (Wildman–Crippen LogP) is 2.61. The maximum Gasteiger partial charge on any atom is 0.255 e. The molecular formula is C18H22N2O2. The smallest absolute Gasteiger partial charge is 0.255 e. The molecule has 1 aromatic carbocycles. The third-order valence-corrected chi connectivity index (χ3v) is 4.42. The SMILES string of the molecule is O=C(c1cc[nH]c1)N1CCCC(O)C1CCc1ccccc1. The summed E-state index contributed by atoms with van der Waals surface area (Å²) in [5.41, 5.74) is 1.91. The summed E-state index contributed by atoms with van der Waals surface area (Å²) in [6.45, 7) is 0.723. The second kappa shape index (κ2) is 6.79. The Morgan fingerprint density at radius 1 is 1.27 bits per heavy atom. The van der Waals surface area contributed by atoms with Crippen molar-refractivity contribution in [1.82, 2.24) is 9.88 Å². The number of aliphatic hydroxyl groups excluding tert-OH is 1. The first-order valence-electron chi connectivity index (χ1n) is 7.91. The molecule has 1 amide bonds. The van der Waals surface area contributed by atoms with Gasteiger partial charge in [0.15, 0.2) is 0 Å². The van der Waals surface area contributed by atoms with Gasteiger partial charge in [0, 0.05) is 18.9 Å². The number of rotatable bonds is 4. The summed E-state index contributed by atoms with van der Waals surface area (Å²) in [6.07, 6.45) is 6.35. The van der Waals surface area contributed by atoms with E-state index in [1.165, 1.54) is 5.56 Å². The molecular weight excluding hydrogens is 276 g/mol. The van der Waals surface area contributed by atoms with Crippen molar-refractivity contribution < 1.29 is 9.90 Å². The Labute approximate surface area is 130 Å². The van der Waals surface area contributed by atoms with E-state index in [4.69, 9.17) is 0 Å². The number of H-pyrrole nitrogens is 1. The normalized spacial score (nSPS) is 21.8. The zero-order valence-corrected chi connectivity index (χ0v) is 12.6. The van der Waals surface area contributed by atoms with Gasteiger partial charge in [0.2, 0.25) is 0 Å². The number of benzene rings is 1. The molecule has 0 saturated carbocycles. The quantitative estimate of drug-likeness (QED) is 0.911. The number of carbonyl (C=O) groups is 1. The van der Waals surface area contributed by atoms with Crippen LogP contribution in [0.15, 0.2) is 48.8 Å². The van der Waals surface area contributed by atoms with E-state index in [0.29, 0.717) is 5.56 Å². The Morgan fingerprint density at radius 2 is 2.09 bits per heavy atom. The van der Waals surface area contributed by atoms with Gasteiger partial charge in [-0.3, -0.25) is 4.79 Å². The van der Waals surface area contributed by atoms with Gasteiger partial charge in [-0.25, -0.2) is 0 Å². The minimum Gasteiger partial charge on any atom is -0.391 e. The molecule has 1 saturated heterocycles. The Hall–Kier alpha value is -2.07. The Kier molecular flexibility index (Phi) is 4.59. The highest BCUT2D eigenvalue weighted by molar-refractivity contribution is 5.94. The van der Waals surface area contributed by atoms with E-state index in [1.54, 1.807) is 18.5 Å². The number of piperidine rings is 1. The lowest BCUT2D eigenvalue weighted by Crippen LogP contribution is -2.51. The van der Waals surface area contributed by atoms with Crippen LogP contribution in [0.2, 0.25) is 0 Å². The largest absolute Gasteiger partial charge is 0.391 e. The fraction of sp³-hybridized carbons (Fsp3) is 0.389. The number of likely N-dealkylation sites (tertiary alicyclic amines) is 1. The van der Waals surface area contributed by atoms with Gasteiger partial charge in [0.1, 0.15) is 0 Å². The number of carbonyl (C=O) groups excluding carboxylic acids is 1. The second-order valence-electron chi connectivity index (χ2n) is 5.90. The van der Waals surface area contributed by atoms with Crippen LogP contribution >= 0.6 is 0 Å². The Bertz CT molecular complexity index is 595. The van der Waals surface area contributed by atoms with Crippen LogP contribution < -0.4 is 0 Å². The van der Waals surface area contributed by atoms with Crippen molar-refractivity contribution in [1.29, 1.82) is 0 Å². The van der Waals surface area contributed by atoms with E-state index < -0.39 is 6.10 Å². The zero-order chi connectivity index (χ0) is 15.4. The molecule has 1 aromatic heterocycles.